The summed E-state index contributed by atoms with van der Waals surface area (Å²) in [5.74, 6) is 0.712. The van der Waals surface area contributed by atoms with Gasteiger partial charge in [-0.3, -0.25) is 9.78 Å². The molecule has 0 radical (unpaired) electrons. The number of aryl methyl sites for hydroxylation is 1. The zero-order valence-corrected chi connectivity index (χ0v) is 16.6. The number of carbonyl (C=O) groups excluding carboxylic acids is 1. The number of nitrogens with one attached hydrogen (secondary N) is 2. The maximum Gasteiger partial charge on any atom is 0.270 e. The Hall–Kier alpha value is -3.19. The summed E-state index contributed by atoms with van der Waals surface area (Å²) in [6, 6.07) is 11.9. The number of nitrogens with zero attached hydrogens (tertiary/aromatic N) is 3. The van der Waals surface area contributed by atoms with Gasteiger partial charge in [0.15, 0.2) is 0 Å². The highest BCUT2D eigenvalue weighted by atomic mass is 16.5. The van der Waals surface area contributed by atoms with Gasteiger partial charge in [-0.15, -0.1) is 0 Å². The van der Waals surface area contributed by atoms with Crippen LogP contribution in [0.4, 0.5) is 5.82 Å². The second kappa shape index (κ2) is 8.67. The van der Waals surface area contributed by atoms with Crippen molar-refractivity contribution >= 4 is 11.7 Å². The third kappa shape index (κ3) is 3.89. The molecule has 0 spiro atoms. The van der Waals surface area contributed by atoms with Gasteiger partial charge in [0.05, 0.1) is 18.0 Å². The Labute approximate surface area is 164 Å². The lowest BCUT2D eigenvalue weighted by molar-refractivity contribution is 0.0931. The number of pyridine rings is 1. The van der Waals surface area contributed by atoms with E-state index in [2.05, 4.69) is 15.6 Å². The van der Waals surface area contributed by atoms with Gasteiger partial charge >= 0.3 is 0 Å². The molecule has 0 unspecified atom stereocenters. The summed E-state index contributed by atoms with van der Waals surface area (Å²) in [5, 5.41) is 10.8. The number of hydrogen-bond donors (Lipinski definition) is 2. The van der Waals surface area contributed by atoms with Crippen LogP contribution in [-0.2, 0) is 4.74 Å². The number of para-hydroxylation sites is 1. The summed E-state index contributed by atoms with van der Waals surface area (Å²) in [6.07, 6.45) is 1.70. The topological polar surface area (TPSA) is 81.1 Å². The Bertz CT molecular complexity index is 966. The van der Waals surface area contributed by atoms with E-state index in [1.54, 1.807) is 13.3 Å². The van der Waals surface area contributed by atoms with E-state index in [1.165, 1.54) is 0 Å². The molecule has 0 atom stereocenters. The second-order valence-electron chi connectivity index (χ2n) is 6.46. The quantitative estimate of drug-likeness (QED) is 0.617. The molecule has 7 heteroatoms. The minimum absolute atomic E-state index is 0.205. The fourth-order valence-electron chi connectivity index (χ4n) is 3.11. The van der Waals surface area contributed by atoms with Gasteiger partial charge in [-0.05, 0) is 37.6 Å². The minimum Gasteiger partial charge on any atom is -0.383 e. The van der Waals surface area contributed by atoms with E-state index in [1.807, 2.05) is 62.0 Å². The highest BCUT2D eigenvalue weighted by Gasteiger charge is 2.18. The first-order chi connectivity index (χ1) is 13.6. The predicted octanol–water partition coefficient (Wildman–Crippen LogP) is 2.97. The average molecular weight is 379 g/mol. The molecule has 3 rings (SSSR count). The first-order valence-corrected chi connectivity index (χ1v) is 9.13. The van der Waals surface area contributed by atoms with Crippen LogP contribution in [0.5, 0.6) is 0 Å². The van der Waals surface area contributed by atoms with Gasteiger partial charge in [-0.25, -0.2) is 4.68 Å². The van der Waals surface area contributed by atoms with Gasteiger partial charge in [0.1, 0.15) is 11.5 Å². The van der Waals surface area contributed by atoms with Crippen molar-refractivity contribution in [3.05, 3.63) is 59.4 Å². The lowest BCUT2D eigenvalue weighted by Gasteiger charge is -2.08. The van der Waals surface area contributed by atoms with E-state index >= 15 is 0 Å². The molecule has 0 saturated carbocycles. The van der Waals surface area contributed by atoms with Crippen molar-refractivity contribution in [3.8, 4) is 16.9 Å². The fourth-order valence-corrected chi connectivity index (χ4v) is 3.11. The summed E-state index contributed by atoms with van der Waals surface area (Å²) in [5.41, 5.74) is 4.90. The largest absolute Gasteiger partial charge is 0.383 e. The fraction of sp³-hybridized carbons (Fsp3) is 0.286. The molecule has 0 aliphatic rings. The maximum absolute atomic E-state index is 12.3. The number of methoxy groups -OCH3 is 1. The third-order valence-electron chi connectivity index (χ3n) is 4.52. The number of benzene rings is 1. The van der Waals surface area contributed by atoms with Crippen LogP contribution in [0.3, 0.4) is 0 Å². The van der Waals surface area contributed by atoms with E-state index in [4.69, 9.17) is 9.84 Å². The van der Waals surface area contributed by atoms with Gasteiger partial charge in [0.2, 0.25) is 0 Å². The normalized spacial score (nSPS) is 10.7. The van der Waals surface area contributed by atoms with Crippen molar-refractivity contribution < 1.29 is 9.53 Å². The molecular formula is C21H25N5O2. The standard InChI is InChI=1S/C21H25N5O2/c1-14-12-16(13-24-18(14)21(27)23-10-11-28-4)19-15(2)20(22-3)26(25-19)17-8-6-5-7-9-17/h5-9,12-13,22H,10-11H2,1-4H3,(H,23,27). The first-order valence-electron chi connectivity index (χ1n) is 9.13. The molecule has 146 valence electrons. The van der Waals surface area contributed by atoms with E-state index in [-0.39, 0.29) is 5.91 Å². The molecule has 2 heterocycles. The van der Waals surface area contributed by atoms with E-state index in [9.17, 15) is 4.79 Å². The van der Waals surface area contributed by atoms with Gasteiger partial charge in [0, 0.05) is 38.0 Å². The SMILES string of the molecule is CNc1c(C)c(-c2cnc(C(=O)NCCOC)c(C)c2)nn1-c1ccccc1. The monoisotopic (exact) mass is 379 g/mol. The average Bonchev–Trinajstić information content (AvgIpc) is 3.05. The minimum atomic E-state index is -0.205. The number of aromatic nitrogens is 3. The molecule has 1 amide bonds. The number of hydrogen-bond acceptors (Lipinski definition) is 5. The summed E-state index contributed by atoms with van der Waals surface area (Å²) < 4.78 is 6.84. The molecule has 0 bridgehead atoms. The number of rotatable bonds is 7. The smallest absolute Gasteiger partial charge is 0.270 e. The van der Waals surface area contributed by atoms with Crippen molar-refractivity contribution in [2.24, 2.45) is 0 Å². The highest BCUT2D eigenvalue weighted by Crippen LogP contribution is 2.30. The van der Waals surface area contributed by atoms with Gasteiger partial charge in [-0.1, -0.05) is 18.2 Å². The van der Waals surface area contributed by atoms with Crippen LogP contribution >= 0.6 is 0 Å². The zero-order chi connectivity index (χ0) is 20.1. The maximum atomic E-state index is 12.3. The van der Waals surface area contributed by atoms with Gasteiger partial charge in [0.25, 0.3) is 5.91 Å². The Balaban J connectivity index is 1.95. The van der Waals surface area contributed by atoms with Crippen LogP contribution in [-0.4, -0.2) is 48.0 Å². The molecule has 7 nitrogen and oxygen atoms in total. The molecule has 0 saturated heterocycles. The number of ether oxygens (including phenoxy) is 1. The molecule has 2 N–H and O–H groups in total. The van der Waals surface area contributed by atoms with Crippen molar-refractivity contribution in [3.63, 3.8) is 0 Å². The van der Waals surface area contributed by atoms with Gasteiger partial charge < -0.3 is 15.4 Å². The predicted molar refractivity (Wildman–Crippen MR) is 110 cm³/mol. The van der Waals surface area contributed by atoms with Crippen molar-refractivity contribution in [2.75, 3.05) is 32.6 Å². The zero-order valence-electron chi connectivity index (χ0n) is 16.6. The lowest BCUT2D eigenvalue weighted by Crippen LogP contribution is -2.28. The summed E-state index contributed by atoms with van der Waals surface area (Å²) >= 11 is 0. The van der Waals surface area contributed by atoms with E-state index in [0.29, 0.717) is 18.8 Å². The number of amides is 1. The summed E-state index contributed by atoms with van der Waals surface area (Å²) in [6.45, 7) is 4.81. The van der Waals surface area contributed by atoms with Crippen LogP contribution in [0.1, 0.15) is 21.6 Å². The van der Waals surface area contributed by atoms with E-state index in [0.717, 1.165) is 33.9 Å². The molecule has 0 fully saturated rings. The molecule has 2 aromatic heterocycles. The van der Waals surface area contributed by atoms with Crippen LogP contribution in [0.25, 0.3) is 16.9 Å². The number of anilines is 1. The Kier molecular flexibility index (Phi) is 6.06. The third-order valence-corrected chi connectivity index (χ3v) is 4.52. The Morgan fingerprint density at radius 2 is 1.96 bits per heavy atom. The Morgan fingerprint density at radius 1 is 1.21 bits per heavy atom. The van der Waals surface area contributed by atoms with Crippen molar-refractivity contribution in [2.45, 2.75) is 13.8 Å². The summed E-state index contributed by atoms with van der Waals surface area (Å²) in [7, 11) is 3.48. The second-order valence-corrected chi connectivity index (χ2v) is 6.46. The van der Waals surface area contributed by atoms with Crippen molar-refractivity contribution in [1.82, 2.24) is 20.1 Å². The van der Waals surface area contributed by atoms with E-state index < -0.39 is 0 Å². The van der Waals surface area contributed by atoms with Crippen LogP contribution in [0, 0.1) is 13.8 Å². The van der Waals surface area contributed by atoms with Crippen LogP contribution in [0.15, 0.2) is 42.6 Å². The molecular weight excluding hydrogens is 354 g/mol. The molecule has 1 aromatic carbocycles. The molecule has 3 aromatic rings. The lowest BCUT2D eigenvalue weighted by atomic mass is 10.1. The highest BCUT2D eigenvalue weighted by molar-refractivity contribution is 5.94. The molecule has 28 heavy (non-hydrogen) atoms. The summed E-state index contributed by atoms with van der Waals surface area (Å²) in [4.78, 5) is 16.7. The van der Waals surface area contributed by atoms with Crippen LogP contribution in [0.2, 0.25) is 0 Å². The molecule has 0 aliphatic carbocycles. The Morgan fingerprint density at radius 3 is 2.61 bits per heavy atom. The molecule has 0 aliphatic heterocycles. The van der Waals surface area contributed by atoms with Crippen molar-refractivity contribution in [1.29, 1.82) is 0 Å². The van der Waals surface area contributed by atoms with Gasteiger partial charge in [-0.2, -0.15) is 5.10 Å². The first kappa shape index (κ1) is 19.6. The number of carbonyl (C=O) groups is 1. The van der Waals surface area contributed by atoms with Crippen LogP contribution < -0.4 is 10.6 Å².